The summed E-state index contributed by atoms with van der Waals surface area (Å²) in [6.07, 6.45) is 8.20. The fourth-order valence-corrected chi connectivity index (χ4v) is 3.42. The van der Waals surface area contributed by atoms with Crippen LogP contribution in [0.2, 0.25) is 0 Å². The van der Waals surface area contributed by atoms with Crippen molar-refractivity contribution in [3.8, 4) is 5.75 Å². The lowest BCUT2D eigenvalue weighted by Crippen LogP contribution is -2.23. The molecular weight excluding hydrogens is 314 g/mol. The van der Waals surface area contributed by atoms with Crippen LogP contribution in [0.1, 0.15) is 32.1 Å². The number of nitrogens with zero attached hydrogens (tertiary/aromatic N) is 2. The molecule has 2 aromatic heterocycles. The van der Waals surface area contributed by atoms with Crippen LogP contribution in [0.4, 0.5) is 17.5 Å². The topological polar surface area (TPSA) is 74.9 Å². The van der Waals surface area contributed by atoms with Gasteiger partial charge < -0.3 is 20.4 Å². The number of fused-ring (bicyclic) bond motifs is 1. The third-order valence-corrected chi connectivity index (χ3v) is 4.72. The van der Waals surface area contributed by atoms with E-state index in [1.807, 2.05) is 36.5 Å². The van der Waals surface area contributed by atoms with Crippen molar-refractivity contribution in [2.75, 3.05) is 17.7 Å². The number of hydrogen-bond donors (Lipinski definition) is 3. The summed E-state index contributed by atoms with van der Waals surface area (Å²) in [5, 5.41) is 7.92. The molecule has 25 heavy (non-hydrogen) atoms. The van der Waals surface area contributed by atoms with Crippen LogP contribution >= 0.6 is 0 Å². The second kappa shape index (κ2) is 7.01. The Hall–Kier alpha value is -2.76. The van der Waals surface area contributed by atoms with Crippen molar-refractivity contribution < 1.29 is 4.74 Å². The van der Waals surface area contributed by atoms with Crippen molar-refractivity contribution in [3.63, 3.8) is 0 Å². The van der Waals surface area contributed by atoms with Crippen LogP contribution in [0.25, 0.3) is 11.0 Å². The zero-order valence-corrected chi connectivity index (χ0v) is 14.4. The van der Waals surface area contributed by atoms with Gasteiger partial charge in [0.2, 0.25) is 5.95 Å². The summed E-state index contributed by atoms with van der Waals surface area (Å²) >= 11 is 0. The largest absolute Gasteiger partial charge is 0.495 e. The molecule has 6 nitrogen and oxygen atoms in total. The van der Waals surface area contributed by atoms with Crippen molar-refractivity contribution in [2.45, 2.75) is 38.1 Å². The predicted octanol–water partition coefficient (Wildman–Crippen LogP) is 4.45. The Morgan fingerprint density at radius 2 is 1.92 bits per heavy atom. The van der Waals surface area contributed by atoms with Gasteiger partial charge in [-0.05, 0) is 31.0 Å². The zero-order chi connectivity index (χ0) is 17.1. The molecule has 1 aliphatic carbocycles. The molecule has 0 bridgehead atoms. The van der Waals surface area contributed by atoms with Gasteiger partial charge in [0.15, 0.2) is 0 Å². The number of H-pyrrole nitrogens is 1. The van der Waals surface area contributed by atoms with Crippen molar-refractivity contribution in [3.05, 3.63) is 36.5 Å². The van der Waals surface area contributed by atoms with E-state index in [0.717, 1.165) is 28.3 Å². The lowest BCUT2D eigenvalue weighted by atomic mass is 9.95. The maximum Gasteiger partial charge on any atom is 0.231 e. The van der Waals surface area contributed by atoms with E-state index in [0.29, 0.717) is 12.0 Å². The molecule has 0 spiro atoms. The molecule has 3 N–H and O–H groups in total. The zero-order valence-electron chi connectivity index (χ0n) is 14.4. The van der Waals surface area contributed by atoms with Gasteiger partial charge in [0.05, 0.1) is 18.2 Å². The van der Waals surface area contributed by atoms with E-state index in [-0.39, 0.29) is 0 Å². The maximum atomic E-state index is 5.40. The molecule has 1 fully saturated rings. The number of aromatic amines is 1. The quantitative estimate of drug-likeness (QED) is 0.641. The summed E-state index contributed by atoms with van der Waals surface area (Å²) in [6.45, 7) is 0. The minimum Gasteiger partial charge on any atom is -0.495 e. The number of benzene rings is 1. The van der Waals surface area contributed by atoms with E-state index in [2.05, 4.69) is 20.6 Å². The Bertz CT molecular complexity index is 854. The Labute approximate surface area is 147 Å². The van der Waals surface area contributed by atoms with Gasteiger partial charge in [-0.1, -0.05) is 31.4 Å². The monoisotopic (exact) mass is 337 g/mol. The highest BCUT2D eigenvalue weighted by Crippen LogP contribution is 2.29. The maximum absolute atomic E-state index is 5.40. The highest BCUT2D eigenvalue weighted by atomic mass is 16.5. The average molecular weight is 337 g/mol. The molecule has 2 heterocycles. The fraction of sp³-hybridized carbons (Fsp3) is 0.368. The SMILES string of the molecule is COc1ccccc1Nc1nc(NC2CCCCC2)c2cc[nH]c2n1. The second-order valence-corrected chi connectivity index (χ2v) is 6.44. The summed E-state index contributed by atoms with van der Waals surface area (Å²) < 4.78 is 5.40. The Morgan fingerprint density at radius 3 is 2.76 bits per heavy atom. The molecule has 3 aromatic rings. The molecule has 0 atom stereocenters. The summed E-state index contributed by atoms with van der Waals surface area (Å²) in [5.41, 5.74) is 1.67. The van der Waals surface area contributed by atoms with Gasteiger partial charge in [0, 0.05) is 12.2 Å². The van der Waals surface area contributed by atoms with Gasteiger partial charge >= 0.3 is 0 Å². The van der Waals surface area contributed by atoms with Crippen LogP contribution < -0.4 is 15.4 Å². The van der Waals surface area contributed by atoms with Crippen LogP contribution in [0, 0.1) is 0 Å². The molecular formula is C19H23N5O. The number of nitrogens with one attached hydrogen (secondary N) is 3. The number of aromatic nitrogens is 3. The number of hydrogen-bond acceptors (Lipinski definition) is 5. The van der Waals surface area contributed by atoms with Crippen LogP contribution in [0.3, 0.4) is 0 Å². The normalized spacial score (nSPS) is 15.2. The van der Waals surface area contributed by atoms with Crippen molar-refractivity contribution >= 4 is 28.5 Å². The second-order valence-electron chi connectivity index (χ2n) is 6.44. The number of ether oxygens (including phenoxy) is 1. The van der Waals surface area contributed by atoms with Crippen molar-refractivity contribution in [1.82, 2.24) is 15.0 Å². The molecule has 0 saturated heterocycles. The number of rotatable bonds is 5. The Kier molecular flexibility index (Phi) is 4.41. The van der Waals surface area contributed by atoms with E-state index >= 15 is 0 Å². The average Bonchev–Trinajstić information content (AvgIpc) is 3.12. The third-order valence-electron chi connectivity index (χ3n) is 4.72. The van der Waals surface area contributed by atoms with Gasteiger partial charge in [0.25, 0.3) is 0 Å². The standard InChI is InChI=1S/C19H23N5O/c1-25-16-10-6-5-9-15(16)22-19-23-17-14(11-12-20-17)18(24-19)21-13-7-3-2-4-8-13/h5-6,9-13H,2-4,7-8H2,1H3,(H3,20,21,22,23,24). The van der Waals surface area contributed by atoms with E-state index in [4.69, 9.17) is 9.72 Å². The predicted molar refractivity (Wildman–Crippen MR) is 101 cm³/mol. The van der Waals surface area contributed by atoms with Crippen molar-refractivity contribution in [2.24, 2.45) is 0 Å². The van der Waals surface area contributed by atoms with E-state index in [1.54, 1.807) is 7.11 Å². The van der Waals surface area contributed by atoms with Crippen molar-refractivity contribution in [1.29, 1.82) is 0 Å². The Morgan fingerprint density at radius 1 is 1.08 bits per heavy atom. The van der Waals surface area contributed by atoms with Gasteiger partial charge in [-0.3, -0.25) is 0 Å². The summed E-state index contributed by atoms with van der Waals surface area (Å²) in [6, 6.07) is 10.3. The van der Waals surface area contributed by atoms with E-state index in [9.17, 15) is 0 Å². The molecule has 0 radical (unpaired) electrons. The van der Waals surface area contributed by atoms with Gasteiger partial charge in [-0.15, -0.1) is 0 Å². The molecule has 4 rings (SSSR count). The molecule has 0 amide bonds. The lowest BCUT2D eigenvalue weighted by Gasteiger charge is -2.23. The number of methoxy groups -OCH3 is 1. The van der Waals surface area contributed by atoms with Gasteiger partial charge in [0.1, 0.15) is 17.2 Å². The molecule has 1 aromatic carbocycles. The highest BCUT2D eigenvalue weighted by molar-refractivity contribution is 5.88. The van der Waals surface area contributed by atoms with E-state index < -0.39 is 0 Å². The van der Waals surface area contributed by atoms with Crippen LogP contribution in [0.15, 0.2) is 36.5 Å². The molecule has 130 valence electrons. The summed E-state index contributed by atoms with van der Waals surface area (Å²) in [5.74, 6) is 2.20. The van der Waals surface area contributed by atoms with Crippen LogP contribution in [0.5, 0.6) is 5.75 Å². The van der Waals surface area contributed by atoms with E-state index in [1.165, 1.54) is 32.1 Å². The first kappa shape index (κ1) is 15.7. The first-order chi connectivity index (χ1) is 12.3. The molecule has 6 heteroatoms. The minimum atomic E-state index is 0.487. The highest BCUT2D eigenvalue weighted by Gasteiger charge is 2.17. The lowest BCUT2D eigenvalue weighted by molar-refractivity contribution is 0.417. The smallest absolute Gasteiger partial charge is 0.231 e. The first-order valence-electron chi connectivity index (χ1n) is 8.85. The molecule has 1 aliphatic rings. The first-order valence-corrected chi connectivity index (χ1v) is 8.85. The Balaban J connectivity index is 1.65. The third kappa shape index (κ3) is 3.38. The molecule has 0 aliphatic heterocycles. The number of para-hydroxylation sites is 2. The summed E-state index contributed by atoms with van der Waals surface area (Å²) in [4.78, 5) is 12.5. The summed E-state index contributed by atoms with van der Waals surface area (Å²) in [7, 11) is 1.66. The van der Waals surface area contributed by atoms with Crippen LogP contribution in [-0.2, 0) is 0 Å². The molecule has 1 saturated carbocycles. The fourth-order valence-electron chi connectivity index (χ4n) is 3.42. The number of anilines is 3. The molecule has 0 unspecified atom stereocenters. The minimum absolute atomic E-state index is 0.487. The van der Waals surface area contributed by atoms with Gasteiger partial charge in [-0.25, -0.2) is 0 Å². The van der Waals surface area contributed by atoms with Crippen LogP contribution in [-0.4, -0.2) is 28.1 Å². The van der Waals surface area contributed by atoms with Gasteiger partial charge in [-0.2, -0.15) is 9.97 Å².